The van der Waals surface area contributed by atoms with Gasteiger partial charge in [0.15, 0.2) is 11.6 Å². The Balaban J connectivity index is 1.69. The van der Waals surface area contributed by atoms with Crippen molar-refractivity contribution in [2.75, 3.05) is 5.32 Å². The van der Waals surface area contributed by atoms with Crippen molar-refractivity contribution in [1.29, 1.82) is 0 Å². The first-order valence-corrected chi connectivity index (χ1v) is 8.23. The van der Waals surface area contributed by atoms with E-state index < -0.39 is 17.6 Å². The van der Waals surface area contributed by atoms with Gasteiger partial charge in [-0.3, -0.25) is 9.55 Å². The summed E-state index contributed by atoms with van der Waals surface area (Å²) in [6.07, 6.45) is -1.73. The SMILES string of the molecule is Cc1nc2ccccc2n1-c1cncc(Nc2ccc(C(F)(F)F)cc2F)n1. The van der Waals surface area contributed by atoms with Crippen molar-refractivity contribution < 1.29 is 17.6 Å². The number of halogens is 4. The molecule has 28 heavy (non-hydrogen) atoms. The van der Waals surface area contributed by atoms with Gasteiger partial charge < -0.3 is 5.32 Å². The van der Waals surface area contributed by atoms with Crippen molar-refractivity contribution in [2.24, 2.45) is 0 Å². The fourth-order valence-corrected chi connectivity index (χ4v) is 2.89. The third-order valence-corrected chi connectivity index (χ3v) is 4.14. The van der Waals surface area contributed by atoms with E-state index in [1.807, 2.05) is 31.2 Å². The summed E-state index contributed by atoms with van der Waals surface area (Å²) in [5.41, 5.74) is 0.420. The van der Waals surface area contributed by atoms with Gasteiger partial charge in [0.1, 0.15) is 11.6 Å². The highest BCUT2D eigenvalue weighted by atomic mass is 19.4. The molecule has 4 rings (SSSR count). The molecule has 5 nitrogen and oxygen atoms in total. The first kappa shape index (κ1) is 17.9. The lowest BCUT2D eigenvalue weighted by molar-refractivity contribution is -0.137. The van der Waals surface area contributed by atoms with Crippen LogP contribution in [0.3, 0.4) is 0 Å². The fraction of sp³-hybridized carbons (Fsp3) is 0.105. The van der Waals surface area contributed by atoms with Crippen LogP contribution in [0.5, 0.6) is 0 Å². The Hall–Kier alpha value is -3.49. The molecule has 0 atom stereocenters. The number of para-hydroxylation sites is 2. The molecule has 2 aromatic heterocycles. The van der Waals surface area contributed by atoms with E-state index in [-0.39, 0.29) is 11.5 Å². The van der Waals surface area contributed by atoms with E-state index in [1.54, 1.807) is 4.57 Å². The van der Waals surface area contributed by atoms with E-state index >= 15 is 0 Å². The number of fused-ring (bicyclic) bond motifs is 1. The predicted octanol–water partition coefficient (Wildman–Crippen LogP) is 5.03. The lowest BCUT2D eigenvalue weighted by atomic mass is 10.2. The first-order chi connectivity index (χ1) is 13.3. The molecule has 0 radical (unpaired) electrons. The minimum Gasteiger partial charge on any atom is -0.336 e. The maximum absolute atomic E-state index is 14.1. The first-order valence-electron chi connectivity index (χ1n) is 8.23. The Kier molecular flexibility index (Phi) is 4.21. The van der Waals surface area contributed by atoms with Crippen LogP contribution in [0.1, 0.15) is 11.4 Å². The highest BCUT2D eigenvalue weighted by Gasteiger charge is 2.31. The molecule has 4 aromatic rings. The molecule has 0 aliphatic rings. The highest BCUT2D eigenvalue weighted by Crippen LogP contribution is 2.32. The quantitative estimate of drug-likeness (QED) is 0.501. The Bertz CT molecular complexity index is 1170. The average Bonchev–Trinajstić information content (AvgIpc) is 2.98. The molecule has 0 saturated carbocycles. The molecule has 142 valence electrons. The molecule has 9 heteroatoms. The summed E-state index contributed by atoms with van der Waals surface area (Å²) in [6, 6.07) is 9.75. The minimum atomic E-state index is -4.61. The molecule has 0 aliphatic carbocycles. The van der Waals surface area contributed by atoms with Crippen molar-refractivity contribution in [2.45, 2.75) is 13.1 Å². The zero-order chi connectivity index (χ0) is 19.9. The maximum atomic E-state index is 14.1. The minimum absolute atomic E-state index is 0.133. The Morgan fingerprint density at radius 2 is 1.79 bits per heavy atom. The van der Waals surface area contributed by atoms with Crippen molar-refractivity contribution in [3.05, 3.63) is 72.1 Å². The number of benzene rings is 2. The summed E-state index contributed by atoms with van der Waals surface area (Å²) >= 11 is 0. The molecule has 0 bridgehead atoms. The largest absolute Gasteiger partial charge is 0.416 e. The monoisotopic (exact) mass is 387 g/mol. The lowest BCUT2D eigenvalue weighted by Crippen LogP contribution is -2.07. The molecule has 0 amide bonds. The summed E-state index contributed by atoms with van der Waals surface area (Å²) in [5.74, 6) is 0.288. The maximum Gasteiger partial charge on any atom is 0.416 e. The van der Waals surface area contributed by atoms with Gasteiger partial charge in [0.05, 0.1) is 34.7 Å². The standard InChI is InChI=1S/C19H13F4N5/c1-11-25-15-4-2-3-5-16(15)28(11)18-10-24-9-17(27-18)26-14-7-6-12(8-13(14)20)19(21,22)23/h2-10H,1H3,(H,26,27). The topological polar surface area (TPSA) is 55.6 Å². The van der Waals surface area contributed by atoms with E-state index in [0.717, 1.165) is 23.2 Å². The van der Waals surface area contributed by atoms with Gasteiger partial charge in [0.2, 0.25) is 0 Å². The van der Waals surface area contributed by atoms with Crippen LogP contribution in [0.15, 0.2) is 54.9 Å². The van der Waals surface area contributed by atoms with Gasteiger partial charge in [0, 0.05) is 0 Å². The Labute approximate surface area is 156 Å². The molecular weight excluding hydrogens is 374 g/mol. The van der Waals surface area contributed by atoms with Crippen molar-refractivity contribution in [1.82, 2.24) is 19.5 Å². The predicted molar refractivity (Wildman–Crippen MR) is 96.1 cm³/mol. The molecule has 0 saturated heterocycles. The second-order valence-corrected chi connectivity index (χ2v) is 6.06. The third-order valence-electron chi connectivity index (χ3n) is 4.14. The van der Waals surface area contributed by atoms with Gasteiger partial charge in [-0.1, -0.05) is 12.1 Å². The van der Waals surface area contributed by atoms with Gasteiger partial charge >= 0.3 is 6.18 Å². The number of anilines is 2. The van der Waals surface area contributed by atoms with Crippen molar-refractivity contribution >= 4 is 22.5 Å². The van der Waals surface area contributed by atoms with Crippen molar-refractivity contribution in [3.63, 3.8) is 0 Å². The number of hydrogen-bond acceptors (Lipinski definition) is 4. The van der Waals surface area contributed by atoms with Gasteiger partial charge in [-0.05, 0) is 37.3 Å². The summed E-state index contributed by atoms with van der Waals surface area (Å²) in [7, 11) is 0. The molecule has 0 aliphatic heterocycles. The summed E-state index contributed by atoms with van der Waals surface area (Å²) in [4.78, 5) is 12.9. The molecule has 0 spiro atoms. The van der Waals surface area contributed by atoms with E-state index in [1.165, 1.54) is 12.4 Å². The normalized spacial score (nSPS) is 11.8. The van der Waals surface area contributed by atoms with Crippen LogP contribution in [0, 0.1) is 12.7 Å². The van der Waals surface area contributed by atoms with Crippen LogP contribution in [-0.2, 0) is 6.18 Å². The molecule has 2 aromatic carbocycles. The fourth-order valence-electron chi connectivity index (χ4n) is 2.89. The number of rotatable bonds is 3. The molecule has 0 unspecified atom stereocenters. The molecule has 2 heterocycles. The summed E-state index contributed by atoms with van der Waals surface area (Å²) in [5, 5.41) is 2.67. The van der Waals surface area contributed by atoms with Crippen LogP contribution >= 0.6 is 0 Å². The summed E-state index contributed by atoms with van der Waals surface area (Å²) < 4.78 is 53.9. The molecule has 0 fully saturated rings. The van der Waals surface area contributed by atoms with Crippen LogP contribution in [0.25, 0.3) is 16.9 Å². The van der Waals surface area contributed by atoms with Gasteiger partial charge in [-0.2, -0.15) is 13.2 Å². The van der Waals surface area contributed by atoms with Crippen LogP contribution in [0.4, 0.5) is 29.1 Å². The van der Waals surface area contributed by atoms with Crippen LogP contribution in [-0.4, -0.2) is 19.5 Å². The molecule has 1 N–H and O–H groups in total. The lowest BCUT2D eigenvalue weighted by Gasteiger charge is -2.12. The van der Waals surface area contributed by atoms with Gasteiger partial charge in [-0.15, -0.1) is 0 Å². The van der Waals surface area contributed by atoms with E-state index in [9.17, 15) is 17.6 Å². The number of imidazole rings is 1. The Morgan fingerprint density at radius 1 is 1.00 bits per heavy atom. The smallest absolute Gasteiger partial charge is 0.336 e. The van der Waals surface area contributed by atoms with Gasteiger partial charge in [-0.25, -0.2) is 14.4 Å². The number of nitrogens with zero attached hydrogens (tertiary/aromatic N) is 4. The van der Waals surface area contributed by atoms with Gasteiger partial charge in [0.25, 0.3) is 0 Å². The average molecular weight is 387 g/mol. The number of aromatic nitrogens is 4. The number of hydrogen-bond donors (Lipinski definition) is 1. The van der Waals surface area contributed by atoms with E-state index in [0.29, 0.717) is 17.7 Å². The Morgan fingerprint density at radius 3 is 2.54 bits per heavy atom. The van der Waals surface area contributed by atoms with Crippen LogP contribution < -0.4 is 5.32 Å². The molecular formula is C19H13F4N5. The number of alkyl halides is 3. The zero-order valence-corrected chi connectivity index (χ0v) is 14.5. The highest BCUT2D eigenvalue weighted by molar-refractivity contribution is 5.77. The van der Waals surface area contributed by atoms with E-state index in [4.69, 9.17) is 0 Å². The van der Waals surface area contributed by atoms with Crippen LogP contribution in [0.2, 0.25) is 0 Å². The summed E-state index contributed by atoms with van der Waals surface area (Å²) in [6.45, 7) is 1.82. The van der Waals surface area contributed by atoms with E-state index in [2.05, 4.69) is 20.3 Å². The second kappa shape index (κ2) is 6.59. The third kappa shape index (κ3) is 3.26. The zero-order valence-electron chi connectivity index (χ0n) is 14.5. The number of nitrogens with one attached hydrogen (secondary N) is 1. The number of aryl methyl sites for hydroxylation is 1. The van der Waals surface area contributed by atoms with Crippen molar-refractivity contribution in [3.8, 4) is 5.82 Å². The second-order valence-electron chi connectivity index (χ2n) is 6.06.